The Bertz CT molecular complexity index is 258. The van der Waals surface area contributed by atoms with Crippen molar-refractivity contribution in [3.63, 3.8) is 0 Å². The molecule has 0 aromatic heterocycles. The second-order valence-electron chi connectivity index (χ2n) is 7.56. The van der Waals surface area contributed by atoms with Crippen LogP contribution in [0.3, 0.4) is 0 Å². The van der Waals surface area contributed by atoms with Crippen LogP contribution in [0.5, 0.6) is 0 Å². The van der Waals surface area contributed by atoms with Gasteiger partial charge in [-0.3, -0.25) is 0 Å². The summed E-state index contributed by atoms with van der Waals surface area (Å²) in [7, 11) is -6.60. The molecule has 0 aliphatic rings. The first-order valence-corrected chi connectivity index (χ1v) is 13.5. The zero-order valence-corrected chi connectivity index (χ0v) is 18.7. The SMILES string of the molecule is CCCCCCCC[P+](CCCC)(CCCC)CCCC.F[B-](F)(F)F. The summed E-state index contributed by atoms with van der Waals surface area (Å²) in [4.78, 5) is 0. The highest BCUT2D eigenvalue weighted by atomic mass is 31.2. The summed E-state index contributed by atoms with van der Waals surface area (Å²) in [5.41, 5.74) is 0. The highest BCUT2D eigenvalue weighted by Crippen LogP contribution is 2.61. The molecule has 0 amide bonds. The van der Waals surface area contributed by atoms with Crippen molar-refractivity contribution >= 4 is 14.5 Å². The van der Waals surface area contributed by atoms with Gasteiger partial charge in [0.15, 0.2) is 0 Å². The maximum absolute atomic E-state index is 9.75. The van der Waals surface area contributed by atoms with Gasteiger partial charge in [-0.2, -0.15) is 0 Å². The third-order valence-corrected chi connectivity index (χ3v) is 10.0. The van der Waals surface area contributed by atoms with Crippen LogP contribution in [0.1, 0.15) is 105 Å². The largest absolute Gasteiger partial charge is 0.673 e. The molecule has 0 aromatic carbocycles. The molecule has 0 aromatic rings. The van der Waals surface area contributed by atoms with E-state index in [0.717, 1.165) is 0 Å². The van der Waals surface area contributed by atoms with Gasteiger partial charge in [-0.15, -0.1) is 0 Å². The Morgan fingerprint density at radius 1 is 0.462 bits per heavy atom. The van der Waals surface area contributed by atoms with E-state index >= 15 is 0 Å². The number of unbranched alkanes of at least 4 members (excludes halogenated alkanes) is 8. The summed E-state index contributed by atoms with van der Waals surface area (Å²) in [6.45, 7) is 9.44. The van der Waals surface area contributed by atoms with Crippen molar-refractivity contribution in [2.45, 2.75) is 105 Å². The van der Waals surface area contributed by atoms with E-state index in [1.54, 1.807) is 24.6 Å². The molecule has 0 spiro atoms. The van der Waals surface area contributed by atoms with Crippen LogP contribution in [0.25, 0.3) is 0 Å². The van der Waals surface area contributed by atoms with Gasteiger partial charge >= 0.3 is 7.25 Å². The van der Waals surface area contributed by atoms with Crippen molar-refractivity contribution in [1.82, 2.24) is 0 Å². The minimum absolute atomic E-state index is 0.601. The van der Waals surface area contributed by atoms with Crippen LogP contribution < -0.4 is 0 Å². The molecular weight excluding hydrogens is 358 g/mol. The van der Waals surface area contributed by atoms with E-state index in [0.29, 0.717) is 0 Å². The number of halogens is 4. The molecule has 0 saturated heterocycles. The predicted molar refractivity (Wildman–Crippen MR) is 115 cm³/mol. The molecule has 0 nitrogen and oxygen atoms in total. The molecule has 26 heavy (non-hydrogen) atoms. The third kappa shape index (κ3) is 22.3. The molecular formula is C20H44BF4P. The van der Waals surface area contributed by atoms with Crippen LogP contribution in [-0.2, 0) is 0 Å². The molecule has 0 bridgehead atoms. The van der Waals surface area contributed by atoms with Crippen molar-refractivity contribution in [1.29, 1.82) is 0 Å². The first-order valence-electron chi connectivity index (χ1n) is 11.0. The van der Waals surface area contributed by atoms with Crippen LogP contribution in [-0.4, -0.2) is 31.9 Å². The normalized spacial score (nSPS) is 12.0. The molecule has 6 heteroatoms. The van der Waals surface area contributed by atoms with Gasteiger partial charge in [0.25, 0.3) is 0 Å². The zero-order chi connectivity index (χ0) is 20.3. The molecule has 0 radical (unpaired) electrons. The van der Waals surface area contributed by atoms with E-state index in [-0.39, 0.29) is 0 Å². The Morgan fingerprint density at radius 2 is 0.731 bits per heavy atom. The summed E-state index contributed by atoms with van der Waals surface area (Å²) in [6, 6.07) is 0. The second-order valence-corrected chi connectivity index (χ2v) is 12.0. The van der Waals surface area contributed by atoms with E-state index in [9.17, 15) is 17.3 Å². The summed E-state index contributed by atoms with van der Waals surface area (Å²) < 4.78 is 39.0. The summed E-state index contributed by atoms with van der Waals surface area (Å²) >= 11 is 0. The van der Waals surface area contributed by atoms with Gasteiger partial charge < -0.3 is 17.3 Å². The minimum Gasteiger partial charge on any atom is -0.418 e. The summed E-state index contributed by atoms with van der Waals surface area (Å²) in [5.74, 6) is 0. The van der Waals surface area contributed by atoms with Gasteiger partial charge in [0.1, 0.15) is 0 Å². The lowest BCUT2D eigenvalue weighted by atomic mass is 10.1. The highest BCUT2D eigenvalue weighted by Gasteiger charge is 2.34. The summed E-state index contributed by atoms with van der Waals surface area (Å²) in [5, 5.41) is 0. The predicted octanol–water partition coefficient (Wildman–Crippen LogP) is 9.06. The van der Waals surface area contributed by atoms with E-state index in [2.05, 4.69) is 27.7 Å². The van der Waals surface area contributed by atoms with E-state index in [1.807, 2.05) is 0 Å². The Morgan fingerprint density at radius 3 is 1.08 bits per heavy atom. The molecule has 0 unspecified atom stereocenters. The lowest BCUT2D eigenvalue weighted by molar-refractivity contribution is 0.368. The van der Waals surface area contributed by atoms with E-state index in [4.69, 9.17) is 0 Å². The summed E-state index contributed by atoms with van der Waals surface area (Å²) in [6.07, 6.45) is 24.0. The van der Waals surface area contributed by atoms with Crippen molar-refractivity contribution < 1.29 is 17.3 Å². The molecule has 0 heterocycles. The second kappa shape index (κ2) is 18.6. The fraction of sp³-hybridized carbons (Fsp3) is 1.00. The van der Waals surface area contributed by atoms with Crippen molar-refractivity contribution in [3.05, 3.63) is 0 Å². The van der Waals surface area contributed by atoms with Crippen LogP contribution in [0.15, 0.2) is 0 Å². The Balaban J connectivity index is 0. The van der Waals surface area contributed by atoms with Crippen LogP contribution in [0, 0.1) is 0 Å². The first kappa shape index (κ1) is 28.4. The fourth-order valence-corrected chi connectivity index (χ4v) is 8.58. The lowest BCUT2D eigenvalue weighted by Gasteiger charge is -2.28. The smallest absolute Gasteiger partial charge is 0.418 e. The van der Waals surface area contributed by atoms with Crippen molar-refractivity contribution in [2.75, 3.05) is 24.6 Å². The first-order chi connectivity index (χ1) is 12.2. The maximum Gasteiger partial charge on any atom is 0.673 e. The van der Waals surface area contributed by atoms with Crippen molar-refractivity contribution in [2.24, 2.45) is 0 Å². The van der Waals surface area contributed by atoms with E-state index < -0.39 is 14.5 Å². The minimum atomic E-state index is -6.00. The highest BCUT2D eigenvalue weighted by molar-refractivity contribution is 7.75. The van der Waals surface area contributed by atoms with Crippen LogP contribution in [0.2, 0.25) is 0 Å². The topological polar surface area (TPSA) is 0 Å². The average molecular weight is 402 g/mol. The molecule has 0 rings (SSSR count). The zero-order valence-electron chi connectivity index (χ0n) is 17.9. The van der Waals surface area contributed by atoms with Gasteiger partial charge in [-0.05, 0) is 32.1 Å². The molecule has 0 N–H and O–H groups in total. The van der Waals surface area contributed by atoms with Gasteiger partial charge in [0.05, 0.1) is 24.6 Å². The molecule has 160 valence electrons. The Kier molecular flexibility index (Phi) is 20.3. The lowest BCUT2D eigenvalue weighted by Crippen LogP contribution is -2.13. The number of hydrogen-bond donors (Lipinski definition) is 0. The van der Waals surface area contributed by atoms with Gasteiger partial charge in [-0.1, -0.05) is 72.6 Å². The van der Waals surface area contributed by atoms with Gasteiger partial charge in [0.2, 0.25) is 0 Å². The van der Waals surface area contributed by atoms with Crippen molar-refractivity contribution in [3.8, 4) is 0 Å². The Labute approximate surface area is 161 Å². The van der Waals surface area contributed by atoms with E-state index in [1.165, 1.54) is 77.0 Å². The van der Waals surface area contributed by atoms with Gasteiger partial charge in [-0.25, -0.2) is 0 Å². The van der Waals surface area contributed by atoms with Crippen LogP contribution >= 0.6 is 7.26 Å². The molecule has 0 saturated carbocycles. The number of rotatable bonds is 16. The van der Waals surface area contributed by atoms with Crippen LogP contribution in [0.4, 0.5) is 17.3 Å². The average Bonchev–Trinajstić information content (AvgIpc) is 2.57. The fourth-order valence-electron chi connectivity index (χ4n) is 3.38. The molecule has 0 aliphatic carbocycles. The standard InChI is InChI=1S/C20H44P.BF4/c1-5-9-13-14-15-16-20-21(17-10-6-2,18-11-7-3)19-12-8-4;2-1(3,4)5/h5-20H2,1-4H3;/q+1;-1. The monoisotopic (exact) mass is 402 g/mol. The quantitative estimate of drug-likeness (QED) is 0.105. The van der Waals surface area contributed by atoms with Gasteiger partial charge in [0, 0.05) is 7.26 Å². The Hall–Kier alpha value is 0.215. The third-order valence-electron chi connectivity index (χ3n) is 4.94. The number of hydrogen-bond acceptors (Lipinski definition) is 0. The molecule has 0 fully saturated rings. The molecule has 0 atom stereocenters. The molecule has 0 aliphatic heterocycles. The maximum atomic E-state index is 9.75.